The summed E-state index contributed by atoms with van der Waals surface area (Å²) in [5, 5.41) is 0. The fraction of sp³-hybridized carbons (Fsp3) is 1.00. The molecule has 0 aliphatic heterocycles. The highest BCUT2D eigenvalue weighted by Crippen LogP contribution is 1.81. The summed E-state index contributed by atoms with van der Waals surface area (Å²) in [6, 6.07) is 0. The van der Waals surface area contributed by atoms with Gasteiger partial charge in [-0.05, 0) is 13.3 Å². The van der Waals surface area contributed by atoms with Crippen LogP contribution in [-0.4, -0.2) is 32.7 Å². The Kier molecular flexibility index (Phi) is 5.39. The van der Waals surface area contributed by atoms with Crippen molar-refractivity contribution in [3.63, 3.8) is 0 Å². The molecule has 0 saturated heterocycles. The van der Waals surface area contributed by atoms with Gasteiger partial charge < -0.3 is 4.74 Å². The third-order valence-corrected chi connectivity index (χ3v) is 1.52. The van der Waals surface area contributed by atoms with Gasteiger partial charge in [-0.25, -0.2) is 0 Å². The molecule has 0 radical (unpaired) electrons. The molecule has 0 bridgehead atoms. The van der Waals surface area contributed by atoms with Gasteiger partial charge in [-0.3, -0.25) is 4.55 Å². The summed E-state index contributed by atoms with van der Waals surface area (Å²) in [5.41, 5.74) is 0. The van der Waals surface area contributed by atoms with Crippen LogP contribution in [0, 0.1) is 0 Å². The van der Waals surface area contributed by atoms with Crippen LogP contribution in [0.5, 0.6) is 0 Å². The molecular weight excluding hydrogens is 170 g/mol. The molecule has 2 N–H and O–H groups in total. The molecule has 0 saturated carbocycles. The minimum atomic E-state index is -4.02. The zero-order chi connectivity index (χ0) is 8.74. The second-order valence-electron chi connectivity index (χ2n) is 1.92. The second kappa shape index (κ2) is 5.48. The van der Waals surface area contributed by atoms with Crippen LogP contribution in [-0.2, 0) is 15.0 Å². The van der Waals surface area contributed by atoms with Crippen molar-refractivity contribution in [1.82, 2.24) is 4.72 Å². The van der Waals surface area contributed by atoms with Crippen molar-refractivity contribution in [3.05, 3.63) is 0 Å². The molecule has 68 valence electrons. The minimum absolute atomic E-state index is 0.207. The molecule has 0 aliphatic rings. The maximum absolute atomic E-state index is 10.1. The first-order valence-electron chi connectivity index (χ1n) is 3.36. The SMILES string of the molecule is CCOCCCNS(=O)(=O)O. The molecule has 0 aromatic carbocycles. The quantitative estimate of drug-likeness (QED) is 0.442. The molecule has 0 spiro atoms. The molecule has 0 heterocycles. The molecule has 0 atom stereocenters. The van der Waals surface area contributed by atoms with Crippen LogP contribution in [0.4, 0.5) is 0 Å². The van der Waals surface area contributed by atoms with Gasteiger partial charge in [0.1, 0.15) is 0 Å². The Balaban J connectivity index is 3.16. The highest BCUT2D eigenvalue weighted by Gasteiger charge is 1.99. The number of hydrogen-bond acceptors (Lipinski definition) is 3. The van der Waals surface area contributed by atoms with Crippen LogP contribution in [0.15, 0.2) is 0 Å². The Morgan fingerprint density at radius 1 is 1.55 bits per heavy atom. The number of nitrogens with one attached hydrogen (secondary N) is 1. The van der Waals surface area contributed by atoms with Gasteiger partial charge in [0, 0.05) is 19.8 Å². The van der Waals surface area contributed by atoms with Crippen molar-refractivity contribution < 1.29 is 17.7 Å². The molecule has 0 aliphatic carbocycles. The minimum Gasteiger partial charge on any atom is -0.382 e. The smallest absolute Gasteiger partial charge is 0.333 e. The average Bonchev–Trinajstić information content (AvgIpc) is 1.85. The predicted octanol–water partition coefficient (Wildman–Crippen LogP) is -0.195. The summed E-state index contributed by atoms with van der Waals surface area (Å²) >= 11 is 0. The van der Waals surface area contributed by atoms with Crippen LogP contribution >= 0.6 is 0 Å². The van der Waals surface area contributed by atoms with Crippen LogP contribution < -0.4 is 4.72 Å². The van der Waals surface area contributed by atoms with Crippen LogP contribution in [0.25, 0.3) is 0 Å². The lowest BCUT2D eigenvalue weighted by molar-refractivity contribution is 0.146. The van der Waals surface area contributed by atoms with Gasteiger partial charge in [-0.2, -0.15) is 13.1 Å². The first-order chi connectivity index (χ1) is 5.06. The van der Waals surface area contributed by atoms with Crippen molar-refractivity contribution >= 4 is 10.3 Å². The van der Waals surface area contributed by atoms with E-state index in [0.717, 1.165) is 0 Å². The molecular formula is C5H13NO4S. The molecule has 0 rings (SSSR count). The summed E-state index contributed by atoms with van der Waals surface area (Å²) in [6.45, 7) is 3.18. The van der Waals surface area contributed by atoms with Gasteiger partial charge >= 0.3 is 10.3 Å². The molecule has 0 fully saturated rings. The monoisotopic (exact) mass is 183 g/mol. The van der Waals surface area contributed by atoms with Crippen LogP contribution in [0.2, 0.25) is 0 Å². The summed E-state index contributed by atoms with van der Waals surface area (Å²) in [6.07, 6.45) is 0.563. The van der Waals surface area contributed by atoms with E-state index in [-0.39, 0.29) is 6.54 Å². The molecule has 0 amide bonds. The van der Waals surface area contributed by atoms with E-state index in [9.17, 15) is 8.42 Å². The van der Waals surface area contributed by atoms with Crippen molar-refractivity contribution in [2.24, 2.45) is 0 Å². The zero-order valence-corrected chi connectivity index (χ0v) is 7.23. The third-order valence-electron chi connectivity index (χ3n) is 0.954. The predicted molar refractivity (Wildman–Crippen MR) is 40.7 cm³/mol. The molecule has 0 aromatic heterocycles. The van der Waals surface area contributed by atoms with E-state index in [2.05, 4.69) is 0 Å². The molecule has 0 aromatic rings. The normalized spacial score (nSPS) is 11.8. The second-order valence-corrected chi connectivity index (χ2v) is 3.16. The maximum Gasteiger partial charge on any atom is 0.333 e. The highest BCUT2D eigenvalue weighted by molar-refractivity contribution is 7.83. The lowest BCUT2D eigenvalue weighted by Crippen LogP contribution is -2.24. The average molecular weight is 183 g/mol. The van der Waals surface area contributed by atoms with Gasteiger partial charge in [0.2, 0.25) is 0 Å². The van der Waals surface area contributed by atoms with E-state index < -0.39 is 10.3 Å². The van der Waals surface area contributed by atoms with Crippen molar-refractivity contribution in [2.75, 3.05) is 19.8 Å². The van der Waals surface area contributed by atoms with Gasteiger partial charge in [-0.1, -0.05) is 0 Å². The summed E-state index contributed by atoms with van der Waals surface area (Å²) in [4.78, 5) is 0. The lowest BCUT2D eigenvalue weighted by Gasteiger charge is -2.00. The molecule has 5 nitrogen and oxygen atoms in total. The van der Waals surface area contributed by atoms with Crippen molar-refractivity contribution in [2.45, 2.75) is 13.3 Å². The van der Waals surface area contributed by atoms with Crippen LogP contribution in [0.3, 0.4) is 0 Å². The number of hydrogen-bond donors (Lipinski definition) is 2. The summed E-state index contributed by atoms with van der Waals surface area (Å²) in [7, 11) is -4.02. The topological polar surface area (TPSA) is 75.6 Å². The summed E-state index contributed by atoms with van der Waals surface area (Å²) < 4.78 is 35.2. The lowest BCUT2D eigenvalue weighted by atomic mass is 10.5. The van der Waals surface area contributed by atoms with E-state index in [4.69, 9.17) is 9.29 Å². The van der Waals surface area contributed by atoms with E-state index in [1.165, 1.54) is 0 Å². The van der Waals surface area contributed by atoms with Gasteiger partial charge in [0.15, 0.2) is 0 Å². The van der Waals surface area contributed by atoms with Crippen molar-refractivity contribution in [3.8, 4) is 0 Å². The maximum atomic E-state index is 10.1. The van der Waals surface area contributed by atoms with Gasteiger partial charge in [0.25, 0.3) is 0 Å². The Bertz CT molecular complexity index is 177. The Morgan fingerprint density at radius 2 is 2.18 bits per heavy atom. The summed E-state index contributed by atoms with van der Waals surface area (Å²) in [5.74, 6) is 0. The molecule has 11 heavy (non-hydrogen) atoms. The van der Waals surface area contributed by atoms with Crippen molar-refractivity contribution in [1.29, 1.82) is 0 Å². The molecule has 0 unspecified atom stereocenters. The fourth-order valence-corrected chi connectivity index (χ4v) is 0.922. The fourth-order valence-electron chi connectivity index (χ4n) is 0.520. The zero-order valence-electron chi connectivity index (χ0n) is 6.41. The highest BCUT2D eigenvalue weighted by atomic mass is 32.2. The largest absolute Gasteiger partial charge is 0.382 e. The van der Waals surface area contributed by atoms with E-state index in [1.807, 2.05) is 11.6 Å². The molecule has 6 heteroatoms. The van der Waals surface area contributed by atoms with Gasteiger partial charge in [-0.15, -0.1) is 0 Å². The first-order valence-corrected chi connectivity index (χ1v) is 4.80. The standard InChI is InChI=1S/C5H13NO4S/c1-2-10-5-3-4-6-11(7,8)9/h6H,2-5H2,1H3,(H,7,8,9). The Labute approximate surface area is 66.6 Å². The van der Waals surface area contributed by atoms with E-state index >= 15 is 0 Å². The number of rotatable bonds is 6. The van der Waals surface area contributed by atoms with Crippen LogP contribution in [0.1, 0.15) is 13.3 Å². The van der Waals surface area contributed by atoms with E-state index in [1.54, 1.807) is 0 Å². The number of ether oxygens (including phenoxy) is 1. The Hall–Kier alpha value is -0.170. The first kappa shape index (κ1) is 10.8. The Morgan fingerprint density at radius 3 is 2.64 bits per heavy atom. The third kappa shape index (κ3) is 9.83. The van der Waals surface area contributed by atoms with Gasteiger partial charge in [0.05, 0.1) is 0 Å². The van der Waals surface area contributed by atoms with E-state index in [0.29, 0.717) is 19.6 Å².